The number of rotatable bonds is 9. The second kappa shape index (κ2) is 11.4. The highest BCUT2D eigenvalue weighted by Crippen LogP contribution is 2.26. The molecule has 0 saturated heterocycles. The molecular formula is C26H33N5O2S. The molecule has 0 spiro atoms. The average molecular weight is 480 g/mol. The Morgan fingerprint density at radius 3 is 2.47 bits per heavy atom. The van der Waals surface area contributed by atoms with Gasteiger partial charge in [-0.1, -0.05) is 43.2 Å². The van der Waals surface area contributed by atoms with Crippen LogP contribution in [0.3, 0.4) is 0 Å². The van der Waals surface area contributed by atoms with Gasteiger partial charge in [-0.25, -0.2) is 0 Å². The van der Waals surface area contributed by atoms with Gasteiger partial charge in [0, 0.05) is 31.0 Å². The Labute approximate surface area is 205 Å². The molecule has 1 aromatic heterocycles. The van der Waals surface area contributed by atoms with Crippen molar-refractivity contribution in [2.24, 2.45) is 0 Å². The molecule has 2 aromatic carbocycles. The van der Waals surface area contributed by atoms with Gasteiger partial charge in [0.1, 0.15) is 11.6 Å². The van der Waals surface area contributed by atoms with Crippen LogP contribution in [-0.2, 0) is 11.3 Å². The molecule has 0 unspecified atom stereocenters. The van der Waals surface area contributed by atoms with Crippen LogP contribution >= 0.6 is 11.8 Å². The molecule has 1 amide bonds. The lowest BCUT2D eigenvalue weighted by molar-refractivity contribution is -0.118. The molecule has 180 valence electrons. The van der Waals surface area contributed by atoms with Gasteiger partial charge in [-0.3, -0.25) is 9.36 Å². The summed E-state index contributed by atoms with van der Waals surface area (Å²) in [6.07, 6.45) is 6.57. The Bertz CT molecular complexity index is 1080. The Morgan fingerprint density at radius 1 is 1.09 bits per heavy atom. The molecule has 0 aliphatic heterocycles. The SMILES string of the molecule is COc1ccc(-n2c(C)nnc2SCC(=O)NCc2ccc(N(C)C3CCCCC3)cc2)cc1. The number of carbonyl (C=O) groups is 1. The summed E-state index contributed by atoms with van der Waals surface area (Å²) in [6.45, 7) is 2.41. The molecule has 34 heavy (non-hydrogen) atoms. The molecule has 1 heterocycles. The van der Waals surface area contributed by atoms with Crippen molar-refractivity contribution in [3.8, 4) is 11.4 Å². The number of amides is 1. The zero-order valence-electron chi connectivity index (χ0n) is 20.2. The Hall–Kier alpha value is -3.00. The fourth-order valence-corrected chi connectivity index (χ4v) is 5.20. The third kappa shape index (κ3) is 5.91. The average Bonchev–Trinajstić information content (AvgIpc) is 3.26. The van der Waals surface area contributed by atoms with E-state index in [-0.39, 0.29) is 11.7 Å². The highest BCUT2D eigenvalue weighted by atomic mass is 32.2. The molecule has 0 atom stereocenters. The van der Waals surface area contributed by atoms with Crippen molar-refractivity contribution < 1.29 is 9.53 Å². The summed E-state index contributed by atoms with van der Waals surface area (Å²) in [5, 5.41) is 12.1. The highest BCUT2D eigenvalue weighted by molar-refractivity contribution is 7.99. The van der Waals surface area contributed by atoms with E-state index < -0.39 is 0 Å². The van der Waals surface area contributed by atoms with E-state index in [0.717, 1.165) is 22.8 Å². The number of aromatic nitrogens is 3. The summed E-state index contributed by atoms with van der Waals surface area (Å²) >= 11 is 1.38. The Kier molecular flexibility index (Phi) is 8.11. The van der Waals surface area contributed by atoms with Gasteiger partial charge in [0.15, 0.2) is 5.16 Å². The van der Waals surface area contributed by atoms with E-state index in [0.29, 0.717) is 17.7 Å². The van der Waals surface area contributed by atoms with E-state index in [9.17, 15) is 4.79 Å². The van der Waals surface area contributed by atoms with E-state index in [2.05, 4.69) is 51.7 Å². The lowest BCUT2D eigenvalue weighted by Gasteiger charge is -2.33. The molecule has 7 nitrogen and oxygen atoms in total. The maximum atomic E-state index is 12.5. The summed E-state index contributed by atoms with van der Waals surface area (Å²) in [5.41, 5.74) is 3.27. The summed E-state index contributed by atoms with van der Waals surface area (Å²) < 4.78 is 7.18. The first-order valence-corrected chi connectivity index (χ1v) is 12.8. The van der Waals surface area contributed by atoms with Crippen molar-refractivity contribution in [2.45, 2.75) is 56.8 Å². The molecule has 0 bridgehead atoms. The minimum Gasteiger partial charge on any atom is -0.497 e. The molecule has 1 fully saturated rings. The van der Waals surface area contributed by atoms with Crippen molar-refractivity contribution in [3.05, 3.63) is 59.9 Å². The number of ether oxygens (including phenoxy) is 1. The van der Waals surface area contributed by atoms with Gasteiger partial charge in [-0.2, -0.15) is 0 Å². The molecule has 1 aliphatic rings. The van der Waals surface area contributed by atoms with Gasteiger partial charge in [-0.05, 0) is 61.7 Å². The van der Waals surface area contributed by atoms with Crippen LogP contribution in [0.15, 0.2) is 53.7 Å². The van der Waals surface area contributed by atoms with Gasteiger partial charge in [0.25, 0.3) is 0 Å². The first-order valence-electron chi connectivity index (χ1n) is 11.8. The smallest absolute Gasteiger partial charge is 0.230 e. The number of nitrogens with zero attached hydrogens (tertiary/aromatic N) is 4. The van der Waals surface area contributed by atoms with Crippen molar-refractivity contribution in [1.82, 2.24) is 20.1 Å². The number of nitrogens with one attached hydrogen (secondary N) is 1. The fraction of sp³-hybridized carbons (Fsp3) is 0.423. The second-order valence-corrected chi connectivity index (χ2v) is 9.64. The topological polar surface area (TPSA) is 72.3 Å². The quantitative estimate of drug-likeness (QED) is 0.446. The van der Waals surface area contributed by atoms with Crippen LogP contribution in [0.25, 0.3) is 5.69 Å². The minimum absolute atomic E-state index is 0.0321. The van der Waals surface area contributed by atoms with Crippen molar-refractivity contribution in [2.75, 3.05) is 24.8 Å². The number of aryl methyl sites for hydroxylation is 1. The molecule has 1 saturated carbocycles. The van der Waals surface area contributed by atoms with Gasteiger partial charge in [0.05, 0.1) is 12.9 Å². The van der Waals surface area contributed by atoms with Gasteiger partial charge in [-0.15, -0.1) is 10.2 Å². The number of hydrogen-bond acceptors (Lipinski definition) is 6. The first kappa shape index (κ1) is 24.1. The van der Waals surface area contributed by atoms with Crippen LogP contribution < -0.4 is 15.0 Å². The van der Waals surface area contributed by atoms with E-state index in [1.807, 2.05) is 35.8 Å². The standard InChI is InChI=1S/C26H33N5O2S/c1-19-28-29-26(31(19)23-13-15-24(33-3)16-14-23)34-18-25(32)27-17-20-9-11-22(12-10-20)30(2)21-7-5-4-6-8-21/h9-16,21H,4-8,17-18H2,1-3H3,(H,27,32). The molecule has 1 N–H and O–H groups in total. The van der Waals surface area contributed by atoms with E-state index >= 15 is 0 Å². The molecule has 0 radical (unpaired) electrons. The predicted molar refractivity (Wildman–Crippen MR) is 137 cm³/mol. The number of benzene rings is 2. The lowest BCUT2D eigenvalue weighted by Crippen LogP contribution is -2.33. The normalized spacial score (nSPS) is 14.1. The predicted octanol–water partition coefficient (Wildman–Crippen LogP) is 4.76. The lowest BCUT2D eigenvalue weighted by atomic mass is 9.94. The van der Waals surface area contributed by atoms with E-state index in [4.69, 9.17) is 4.74 Å². The van der Waals surface area contributed by atoms with Crippen molar-refractivity contribution >= 4 is 23.4 Å². The maximum absolute atomic E-state index is 12.5. The zero-order valence-corrected chi connectivity index (χ0v) is 21.0. The summed E-state index contributed by atoms with van der Waals surface area (Å²) in [4.78, 5) is 14.9. The highest BCUT2D eigenvalue weighted by Gasteiger charge is 2.18. The minimum atomic E-state index is -0.0321. The molecule has 3 aromatic rings. The van der Waals surface area contributed by atoms with Crippen molar-refractivity contribution in [3.63, 3.8) is 0 Å². The number of anilines is 1. The summed E-state index contributed by atoms with van der Waals surface area (Å²) in [7, 11) is 3.83. The van der Waals surface area contributed by atoms with Crippen LogP contribution in [-0.4, -0.2) is 46.6 Å². The number of carbonyl (C=O) groups excluding carboxylic acids is 1. The van der Waals surface area contributed by atoms with Gasteiger partial charge >= 0.3 is 0 Å². The van der Waals surface area contributed by atoms with E-state index in [1.165, 1.54) is 49.6 Å². The summed E-state index contributed by atoms with van der Waals surface area (Å²) in [6, 6.07) is 16.9. The van der Waals surface area contributed by atoms with Crippen LogP contribution in [0.4, 0.5) is 5.69 Å². The molecule has 8 heteroatoms. The largest absolute Gasteiger partial charge is 0.497 e. The van der Waals surface area contributed by atoms with Gasteiger partial charge < -0.3 is 15.0 Å². The third-order valence-corrected chi connectivity index (χ3v) is 7.34. The third-order valence-electron chi connectivity index (χ3n) is 6.41. The summed E-state index contributed by atoms with van der Waals surface area (Å²) in [5.74, 6) is 1.80. The Balaban J connectivity index is 1.28. The van der Waals surface area contributed by atoms with Crippen LogP contribution in [0, 0.1) is 6.92 Å². The molecule has 4 rings (SSSR count). The van der Waals surface area contributed by atoms with Crippen molar-refractivity contribution in [1.29, 1.82) is 0 Å². The number of hydrogen-bond donors (Lipinski definition) is 1. The maximum Gasteiger partial charge on any atom is 0.230 e. The fourth-order valence-electron chi connectivity index (χ4n) is 4.37. The Morgan fingerprint density at radius 2 is 1.79 bits per heavy atom. The van der Waals surface area contributed by atoms with Crippen LogP contribution in [0.2, 0.25) is 0 Å². The molecule has 1 aliphatic carbocycles. The monoisotopic (exact) mass is 479 g/mol. The van der Waals surface area contributed by atoms with Crippen LogP contribution in [0.5, 0.6) is 5.75 Å². The second-order valence-electron chi connectivity index (χ2n) is 8.70. The first-order chi connectivity index (χ1) is 16.5. The molecular weight excluding hydrogens is 446 g/mol. The van der Waals surface area contributed by atoms with E-state index in [1.54, 1.807) is 7.11 Å². The number of thioether (sulfide) groups is 1. The van der Waals surface area contributed by atoms with Gasteiger partial charge in [0.2, 0.25) is 5.91 Å². The number of methoxy groups -OCH3 is 1. The zero-order chi connectivity index (χ0) is 23.9. The van der Waals surface area contributed by atoms with Crippen LogP contribution in [0.1, 0.15) is 43.5 Å².